The summed E-state index contributed by atoms with van der Waals surface area (Å²) in [6.45, 7) is 1.69. The van der Waals surface area contributed by atoms with Gasteiger partial charge >= 0.3 is 0 Å². The predicted molar refractivity (Wildman–Crippen MR) is 287 cm³/mol. The van der Waals surface area contributed by atoms with E-state index in [9.17, 15) is 0 Å². The first kappa shape index (κ1) is 56.9. The number of pyridine rings is 6. The Bertz CT molecular complexity index is 4400. The second-order valence-corrected chi connectivity index (χ2v) is 12.5. The molecule has 0 saturated heterocycles. The molecule has 0 bridgehead atoms. The van der Waals surface area contributed by atoms with E-state index >= 15 is 0 Å². The van der Waals surface area contributed by atoms with Crippen molar-refractivity contribution >= 4 is 54.6 Å². The third-order valence-corrected chi connectivity index (χ3v) is 8.40. The Labute approximate surface area is 458 Å². The minimum Gasteiger partial charge on any atom is -0.390 e. The van der Waals surface area contributed by atoms with E-state index in [4.69, 9.17) is 6.42 Å². The van der Waals surface area contributed by atoms with Crippen LogP contribution >= 0.6 is 0 Å². The van der Waals surface area contributed by atoms with Crippen molar-refractivity contribution in [3.8, 4) is 207 Å². The smallest absolute Gasteiger partial charge is 0.0948 e. The van der Waals surface area contributed by atoms with Gasteiger partial charge in [-0.05, 0) is 154 Å². The number of hydrogen-bond acceptors (Lipinski definition) is 4. The Morgan fingerprint density at radius 3 is 1.19 bits per heavy atom. The van der Waals surface area contributed by atoms with Gasteiger partial charge in [-0.1, -0.05) is 37.2 Å². The minimum absolute atomic E-state index is 0. The Morgan fingerprint density at radius 2 is 0.770 bits per heavy atom. The van der Waals surface area contributed by atoms with Crippen LogP contribution in [0.3, 0.4) is 0 Å². The van der Waals surface area contributed by atoms with Crippen LogP contribution in [0.1, 0.15) is 14.4 Å². The number of aromatic nitrogens is 6. The molecule has 8 aromatic heterocycles. The normalized spacial score (nSPS) is 7.24. The maximum atomic E-state index is 6.55. The molecule has 2 radical (unpaired) electrons. The first-order valence-corrected chi connectivity index (χ1v) is 20.2. The van der Waals surface area contributed by atoms with E-state index in [0.717, 1.165) is 38.5 Å². The quantitative estimate of drug-likeness (QED) is 0.0921. The fraction of sp³-hybridized carbons (Fsp3) is 0.0303. The van der Waals surface area contributed by atoms with E-state index in [1.807, 2.05) is 91.9 Å². The summed E-state index contributed by atoms with van der Waals surface area (Å²) < 4.78 is 4.22. The molecule has 8 rings (SSSR count). The molecule has 8 heteroatoms. The molecule has 0 aromatic carbocycles. The van der Waals surface area contributed by atoms with Gasteiger partial charge in [-0.3, -0.25) is 20.9 Å². The van der Waals surface area contributed by atoms with Gasteiger partial charge in [0, 0.05) is 171 Å². The van der Waals surface area contributed by atoms with Crippen molar-refractivity contribution in [3.05, 3.63) is 117 Å². The van der Waals surface area contributed by atoms with Gasteiger partial charge in [-0.2, -0.15) is 12.1 Å². The Hall–Kier alpha value is -11.5. The third-order valence-electron chi connectivity index (χ3n) is 8.40. The van der Waals surface area contributed by atoms with Crippen LogP contribution in [0.5, 0.6) is 0 Å². The minimum atomic E-state index is 0. The second kappa shape index (κ2) is 33.9. The van der Waals surface area contributed by atoms with Gasteiger partial charge in [0.2, 0.25) is 0 Å². The van der Waals surface area contributed by atoms with E-state index in [-0.39, 0.29) is 47.6 Å². The molecule has 0 N–H and O–H groups in total. The zero-order valence-electron chi connectivity index (χ0n) is 37.7. The summed E-state index contributed by atoms with van der Waals surface area (Å²) in [7, 11) is 0. The first-order valence-electron chi connectivity index (χ1n) is 20.2. The fourth-order valence-corrected chi connectivity index (χ4v) is 5.81. The molecule has 0 saturated carbocycles. The van der Waals surface area contributed by atoms with Crippen molar-refractivity contribution in [1.82, 2.24) is 28.7 Å². The van der Waals surface area contributed by atoms with E-state index in [1.54, 1.807) is 6.92 Å². The molecule has 0 amide bonds. The van der Waals surface area contributed by atoms with E-state index in [1.165, 1.54) is 16.2 Å². The van der Waals surface area contributed by atoms with Crippen LogP contribution in [0.15, 0.2) is 104 Å². The molecule has 0 atom stereocenters. The Balaban J connectivity index is 0.000000318. The van der Waals surface area contributed by atoms with Gasteiger partial charge in [0.05, 0.1) is 34.5 Å². The van der Waals surface area contributed by atoms with E-state index < -0.39 is 0 Å². The third kappa shape index (κ3) is 17.6. The summed E-state index contributed by atoms with van der Waals surface area (Å²) in [6.07, 6.45) is 21.7. The van der Waals surface area contributed by atoms with E-state index in [0.29, 0.717) is 0 Å². The van der Waals surface area contributed by atoms with E-state index in [2.05, 4.69) is 254 Å². The summed E-state index contributed by atoms with van der Waals surface area (Å²) >= 11 is 0. The van der Waals surface area contributed by atoms with Crippen molar-refractivity contribution in [3.63, 3.8) is 0 Å². The van der Waals surface area contributed by atoms with Crippen molar-refractivity contribution < 1.29 is 40.2 Å². The molecule has 0 spiro atoms. The average molecular weight is 1290 g/mol. The molecule has 8 heterocycles. The van der Waals surface area contributed by atoms with Crippen LogP contribution in [-0.2, 0) is 40.2 Å². The van der Waals surface area contributed by atoms with Crippen LogP contribution in [0, 0.1) is 220 Å². The fourth-order valence-electron chi connectivity index (χ4n) is 5.81. The van der Waals surface area contributed by atoms with Gasteiger partial charge in [-0.25, -0.2) is 5.92 Å². The monoisotopic (exact) mass is 1290 g/mol. The molecule has 0 aliphatic rings. The largest absolute Gasteiger partial charge is 0.390 e. The van der Waals surface area contributed by atoms with Crippen LogP contribution in [0.4, 0.5) is 0 Å². The first-order chi connectivity index (χ1) is 35.3. The predicted octanol–water partition coefficient (Wildman–Crippen LogP) is 7.16. The summed E-state index contributed by atoms with van der Waals surface area (Å²) in [6, 6.07) is 21.5. The zero-order valence-corrected chi connectivity index (χ0v) is 42.5. The van der Waals surface area contributed by atoms with Crippen molar-refractivity contribution in [2.45, 2.75) is 14.4 Å². The molecule has 0 aliphatic carbocycles. The zero-order chi connectivity index (χ0) is 49.2. The number of fused-ring (bicyclic) bond motifs is 12. The topological polar surface area (TPSA) is 60.4 Å². The summed E-state index contributed by atoms with van der Waals surface area (Å²) in [5, 5.41) is 4.68. The number of nitrogens with zero attached hydrogens (tertiary/aromatic N) is 6. The van der Waals surface area contributed by atoms with Gasteiger partial charge in [0.15, 0.2) is 0 Å². The molecule has 0 fully saturated rings. The van der Waals surface area contributed by atoms with Crippen LogP contribution in [-0.4, -0.2) is 28.7 Å². The standard InChI is InChI=1S/C37H3.C14H9N3.C14H8N3.CH4.2Ir/c1-3-5-7-9-11-13-15-17-19-21-23-25-27-29-31-33-35-37-36-34-32-30-28-26-24-22-20-18-16-14-12-10-8-6-4-2;2*1-3-11-10-5-7-15-9-13(10)17-8-2-4-12(17)14(11)16-6-1;;;/h1H3;1-9H;1-3,5-9H;1H4;;/q-1;;-1;;;. The van der Waals surface area contributed by atoms with Crippen molar-refractivity contribution in [2.75, 3.05) is 0 Å². The summed E-state index contributed by atoms with van der Waals surface area (Å²) in [4.78, 5) is 17.4. The van der Waals surface area contributed by atoms with Gasteiger partial charge in [0.25, 0.3) is 0 Å². The SMILES string of the molecule is C.[C-]#CC#CC#CC#CC#CC#CC#CC#CC#CC#CC#CC#CC#CC#CC#CC#CC#CC#CC.[Ir].[Ir].[c-]1ccn2c1c1ncccc1c1ccncc12.c1cnc2c(c1)c1ccncc1n1cccc21. The molecular formula is C66H24Ir2N6-2. The van der Waals surface area contributed by atoms with Gasteiger partial charge in [0.1, 0.15) is 0 Å². The van der Waals surface area contributed by atoms with Crippen LogP contribution < -0.4 is 0 Å². The molecule has 6 nitrogen and oxygen atoms in total. The maximum Gasteiger partial charge on any atom is 0.0948 e. The maximum absolute atomic E-state index is 6.55. The van der Waals surface area contributed by atoms with Crippen molar-refractivity contribution in [1.29, 1.82) is 0 Å². The van der Waals surface area contributed by atoms with Gasteiger partial charge in [-0.15, -0.1) is 5.92 Å². The van der Waals surface area contributed by atoms with Crippen molar-refractivity contribution in [2.24, 2.45) is 0 Å². The Morgan fingerprint density at radius 1 is 0.392 bits per heavy atom. The number of rotatable bonds is 0. The molecule has 0 aliphatic heterocycles. The van der Waals surface area contributed by atoms with Gasteiger partial charge < -0.3 is 20.2 Å². The number of hydrogen-bond donors (Lipinski definition) is 0. The average Bonchev–Trinajstić information content (AvgIpc) is 4.13. The van der Waals surface area contributed by atoms with Crippen LogP contribution in [0.2, 0.25) is 0 Å². The second-order valence-electron chi connectivity index (χ2n) is 12.5. The molecule has 74 heavy (non-hydrogen) atoms. The molecule has 338 valence electrons. The molecule has 0 unspecified atom stereocenters. The summed E-state index contributed by atoms with van der Waals surface area (Å²) in [5.41, 5.74) is 6.35. The Kier molecular flexibility index (Phi) is 26.1. The molecule has 8 aromatic rings. The van der Waals surface area contributed by atoms with Crippen LogP contribution in [0.25, 0.3) is 54.6 Å². The molecular weight excluding hydrogens is 1260 g/mol. The summed E-state index contributed by atoms with van der Waals surface area (Å²) in [5.74, 6) is 86.3.